The van der Waals surface area contributed by atoms with Gasteiger partial charge in [0.15, 0.2) is 11.3 Å². The Labute approximate surface area is 167 Å². The first-order valence-corrected chi connectivity index (χ1v) is 9.73. The van der Waals surface area contributed by atoms with Gasteiger partial charge in [-0.05, 0) is 58.0 Å². The molecule has 0 unspecified atom stereocenters. The Hall–Kier alpha value is -2.78. The highest BCUT2D eigenvalue weighted by Crippen LogP contribution is 2.33. The van der Waals surface area contributed by atoms with E-state index in [1.807, 2.05) is 10.7 Å². The van der Waals surface area contributed by atoms with Crippen molar-refractivity contribution in [3.05, 3.63) is 30.1 Å². The number of halogens is 1. The molecule has 0 atom stereocenters. The highest BCUT2D eigenvalue weighted by Gasteiger charge is 2.23. The molecule has 154 valence electrons. The zero-order valence-corrected chi connectivity index (χ0v) is 16.5. The molecule has 3 aromatic rings. The van der Waals surface area contributed by atoms with Gasteiger partial charge in [-0.15, -0.1) is 10.2 Å². The number of hydrogen-bond donors (Lipinski definition) is 4. The van der Waals surface area contributed by atoms with Crippen molar-refractivity contribution in [2.75, 3.05) is 25.0 Å². The molecule has 29 heavy (non-hydrogen) atoms. The average molecular weight is 400 g/mol. The maximum absolute atomic E-state index is 13.4. The summed E-state index contributed by atoms with van der Waals surface area (Å²) in [7, 11) is 0. The number of rotatable bonds is 5. The smallest absolute Gasteiger partial charge is 0.176 e. The van der Waals surface area contributed by atoms with E-state index in [4.69, 9.17) is 5.10 Å². The van der Waals surface area contributed by atoms with Crippen LogP contribution >= 0.6 is 0 Å². The Kier molecular flexibility index (Phi) is 5.10. The van der Waals surface area contributed by atoms with Gasteiger partial charge in [0, 0.05) is 18.2 Å². The third-order valence-corrected chi connectivity index (χ3v) is 5.03. The number of aromatic nitrogens is 4. The highest BCUT2D eigenvalue weighted by molar-refractivity contribution is 5.88. The minimum atomic E-state index is -0.905. The summed E-state index contributed by atoms with van der Waals surface area (Å²) < 4.78 is 15.3. The van der Waals surface area contributed by atoms with E-state index in [2.05, 4.69) is 20.8 Å². The van der Waals surface area contributed by atoms with Gasteiger partial charge in [0.2, 0.25) is 0 Å². The van der Waals surface area contributed by atoms with Crippen molar-refractivity contribution >= 4 is 16.9 Å². The van der Waals surface area contributed by atoms with Gasteiger partial charge in [-0.1, -0.05) is 0 Å². The minimum absolute atomic E-state index is 0.188. The normalized spacial score (nSPS) is 15.7. The van der Waals surface area contributed by atoms with E-state index in [1.54, 1.807) is 13.8 Å². The molecule has 9 heteroatoms. The fourth-order valence-electron chi connectivity index (χ4n) is 3.54. The summed E-state index contributed by atoms with van der Waals surface area (Å²) >= 11 is 0. The third-order valence-electron chi connectivity index (χ3n) is 5.03. The number of anilines is 1. The maximum Gasteiger partial charge on any atom is 0.176 e. The van der Waals surface area contributed by atoms with Gasteiger partial charge >= 0.3 is 0 Å². The zero-order valence-electron chi connectivity index (χ0n) is 16.5. The first kappa shape index (κ1) is 19.5. The number of benzene rings is 1. The first-order valence-electron chi connectivity index (χ1n) is 9.73. The van der Waals surface area contributed by atoms with Crippen LogP contribution in [-0.2, 0) is 0 Å². The van der Waals surface area contributed by atoms with E-state index < -0.39 is 11.4 Å². The monoisotopic (exact) mass is 400 g/mol. The molecule has 4 rings (SSSR count). The van der Waals surface area contributed by atoms with Gasteiger partial charge in [-0.3, -0.25) is 4.68 Å². The van der Waals surface area contributed by atoms with E-state index in [0.717, 1.165) is 37.5 Å². The molecular formula is C20H25FN6O2. The molecule has 0 saturated carbocycles. The van der Waals surface area contributed by atoms with Gasteiger partial charge in [-0.2, -0.15) is 5.10 Å². The molecule has 8 nitrogen and oxygen atoms in total. The van der Waals surface area contributed by atoms with Crippen molar-refractivity contribution in [3.8, 4) is 17.0 Å². The Bertz CT molecular complexity index is 1020. The molecule has 1 saturated heterocycles. The fourth-order valence-corrected chi connectivity index (χ4v) is 3.54. The summed E-state index contributed by atoms with van der Waals surface area (Å²) in [5.74, 6) is -0.145. The van der Waals surface area contributed by atoms with Gasteiger partial charge in [0.05, 0.1) is 22.9 Å². The number of hydrogen-bond acceptors (Lipinski definition) is 7. The quantitative estimate of drug-likeness (QED) is 0.521. The van der Waals surface area contributed by atoms with Crippen molar-refractivity contribution < 1.29 is 14.6 Å². The maximum atomic E-state index is 13.4. The Morgan fingerprint density at radius 2 is 2.00 bits per heavy atom. The molecule has 4 N–H and O–H groups in total. The Balaban J connectivity index is 1.80. The van der Waals surface area contributed by atoms with Crippen molar-refractivity contribution in [3.63, 3.8) is 0 Å². The van der Waals surface area contributed by atoms with Gasteiger partial charge in [0.1, 0.15) is 11.6 Å². The van der Waals surface area contributed by atoms with Crippen molar-refractivity contribution in [1.82, 2.24) is 25.3 Å². The molecule has 1 aliphatic heterocycles. The lowest BCUT2D eigenvalue weighted by atomic mass is 10.1. The number of aromatic hydroxyl groups is 1. The lowest BCUT2D eigenvalue weighted by Gasteiger charge is -2.23. The lowest BCUT2D eigenvalue weighted by Crippen LogP contribution is -2.30. The van der Waals surface area contributed by atoms with Crippen LogP contribution in [0.25, 0.3) is 22.3 Å². The van der Waals surface area contributed by atoms with Crippen LogP contribution in [0.2, 0.25) is 0 Å². The predicted molar refractivity (Wildman–Crippen MR) is 108 cm³/mol. The Morgan fingerprint density at radius 1 is 1.24 bits per heavy atom. The average Bonchev–Trinajstić information content (AvgIpc) is 3.04. The fraction of sp³-hybridized carbons (Fsp3) is 0.450. The van der Waals surface area contributed by atoms with E-state index in [9.17, 15) is 14.6 Å². The summed E-state index contributed by atoms with van der Waals surface area (Å²) in [4.78, 5) is 0. The van der Waals surface area contributed by atoms with Gasteiger partial charge < -0.3 is 20.8 Å². The zero-order chi connectivity index (χ0) is 20.6. The topological polar surface area (TPSA) is 108 Å². The number of aliphatic hydroxyl groups is 1. The molecule has 2 aromatic heterocycles. The van der Waals surface area contributed by atoms with E-state index in [-0.39, 0.29) is 11.8 Å². The summed E-state index contributed by atoms with van der Waals surface area (Å²) in [5.41, 5.74) is 1.32. The molecule has 1 fully saturated rings. The number of phenolic OH excluding ortho intramolecular Hbond substituents is 1. The van der Waals surface area contributed by atoms with Crippen LogP contribution in [-0.4, -0.2) is 55.4 Å². The van der Waals surface area contributed by atoms with Crippen LogP contribution in [0.5, 0.6) is 5.75 Å². The number of piperidine rings is 1. The van der Waals surface area contributed by atoms with E-state index in [1.165, 1.54) is 12.1 Å². The predicted octanol–water partition coefficient (Wildman–Crippen LogP) is 2.45. The van der Waals surface area contributed by atoms with E-state index in [0.29, 0.717) is 29.1 Å². The highest BCUT2D eigenvalue weighted by atomic mass is 19.1. The molecule has 1 aliphatic rings. The molecule has 0 bridgehead atoms. The molecule has 0 spiro atoms. The van der Waals surface area contributed by atoms with Crippen molar-refractivity contribution in [1.29, 1.82) is 0 Å². The third kappa shape index (κ3) is 4.15. The summed E-state index contributed by atoms with van der Waals surface area (Å²) in [5, 5.41) is 40.0. The first-order chi connectivity index (χ1) is 13.8. The molecular weight excluding hydrogens is 375 g/mol. The lowest BCUT2D eigenvalue weighted by molar-refractivity contribution is 0.0944. The molecule has 0 radical (unpaired) electrons. The van der Waals surface area contributed by atoms with Crippen LogP contribution in [0, 0.1) is 5.82 Å². The van der Waals surface area contributed by atoms with Crippen LogP contribution in [0.3, 0.4) is 0 Å². The Morgan fingerprint density at radius 3 is 2.69 bits per heavy atom. The number of fused-ring (bicyclic) bond motifs is 1. The molecule has 3 heterocycles. The second-order valence-corrected chi connectivity index (χ2v) is 8.07. The summed E-state index contributed by atoms with van der Waals surface area (Å²) in [6.45, 7) is 5.55. The molecule has 0 amide bonds. The van der Waals surface area contributed by atoms with Crippen LogP contribution in [0.15, 0.2) is 24.3 Å². The minimum Gasteiger partial charge on any atom is -0.507 e. The summed E-state index contributed by atoms with van der Waals surface area (Å²) in [6.07, 6.45) is 1.86. The van der Waals surface area contributed by atoms with Crippen LogP contribution in [0.1, 0.15) is 32.7 Å². The van der Waals surface area contributed by atoms with Crippen molar-refractivity contribution in [2.45, 2.75) is 38.3 Å². The summed E-state index contributed by atoms with van der Waals surface area (Å²) in [6, 6.07) is 5.84. The number of phenols is 1. The van der Waals surface area contributed by atoms with Crippen LogP contribution < -0.4 is 10.6 Å². The SMILES string of the molecule is CC(C)(O)CNc1nn(C2CCNCC2)c2cc(-c3ccc(F)cc3O)nnc12. The van der Waals surface area contributed by atoms with Gasteiger partial charge in [0.25, 0.3) is 0 Å². The molecule has 0 aliphatic carbocycles. The van der Waals surface area contributed by atoms with Crippen LogP contribution in [0.4, 0.5) is 10.2 Å². The second kappa shape index (κ2) is 7.57. The van der Waals surface area contributed by atoms with Crippen molar-refractivity contribution in [2.24, 2.45) is 0 Å². The number of nitrogens with zero attached hydrogens (tertiary/aromatic N) is 4. The molecule has 1 aromatic carbocycles. The largest absolute Gasteiger partial charge is 0.507 e. The number of nitrogens with one attached hydrogen (secondary N) is 2. The second-order valence-electron chi connectivity index (χ2n) is 8.07. The standard InChI is InChI=1S/C20H25FN6O2/c1-20(2,29)11-23-19-18-16(27(26-19)13-5-7-22-8-6-13)10-15(24-25-18)14-4-3-12(21)9-17(14)28/h3-4,9-10,13,22,28-29H,5-8,11H2,1-2H3,(H,23,26). The van der Waals surface area contributed by atoms with Gasteiger partial charge in [-0.25, -0.2) is 4.39 Å². The van der Waals surface area contributed by atoms with E-state index >= 15 is 0 Å².